The second-order valence-corrected chi connectivity index (χ2v) is 7.31. The van der Waals surface area contributed by atoms with E-state index in [4.69, 9.17) is 4.74 Å². The number of amides is 2. The summed E-state index contributed by atoms with van der Waals surface area (Å²) in [6.45, 7) is 0.549. The molecule has 1 aromatic heterocycles. The van der Waals surface area contributed by atoms with E-state index in [9.17, 15) is 4.79 Å². The number of carbonyl (C=O) groups is 1. The van der Waals surface area contributed by atoms with Gasteiger partial charge in [-0.3, -0.25) is 10.00 Å². The van der Waals surface area contributed by atoms with Crippen molar-refractivity contribution in [2.45, 2.75) is 50.6 Å². The highest BCUT2D eigenvalue weighted by atomic mass is 16.5. The van der Waals surface area contributed by atoms with Gasteiger partial charge in [-0.1, -0.05) is 24.6 Å². The van der Waals surface area contributed by atoms with Crippen molar-refractivity contribution in [1.29, 1.82) is 0 Å². The number of aromatic nitrogens is 2. The first-order chi connectivity index (χ1) is 12.7. The minimum Gasteiger partial charge on any atom is -0.496 e. The lowest BCUT2D eigenvalue weighted by Crippen LogP contribution is -2.36. The van der Waals surface area contributed by atoms with E-state index < -0.39 is 0 Å². The third-order valence-corrected chi connectivity index (χ3v) is 5.44. The van der Waals surface area contributed by atoms with Crippen molar-refractivity contribution in [3.05, 3.63) is 41.6 Å². The predicted molar refractivity (Wildman–Crippen MR) is 100 cm³/mol. The van der Waals surface area contributed by atoms with Crippen LogP contribution in [0.1, 0.15) is 49.3 Å². The smallest absolute Gasteiger partial charge is 0.323 e. The number of urea groups is 1. The first kappa shape index (κ1) is 16.9. The second kappa shape index (κ2) is 7.02. The van der Waals surface area contributed by atoms with Crippen LogP contribution in [0.5, 0.6) is 5.75 Å². The van der Waals surface area contributed by atoms with Crippen molar-refractivity contribution in [1.82, 2.24) is 14.7 Å². The van der Waals surface area contributed by atoms with Gasteiger partial charge < -0.3 is 9.64 Å². The number of rotatable bonds is 6. The first-order valence-corrected chi connectivity index (χ1v) is 9.39. The topological polar surface area (TPSA) is 59.4 Å². The second-order valence-electron chi connectivity index (χ2n) is 7.31. The molecule has 0 saturated heterocycles. The Labute approximate surface area is 154 Å². The number of hydrogen-bond acceptors (Lipinski definition) is 3. The van der Waals surface area contributed by atoms with Gasteiger partial charge in [-0.15, -0.1) is 0 Å². The van der Waals surface area contributed by atoms with E-state index in [2.05, 4.69) is 10.4 Å². The zero-order chi connectivity index (χ0) is 18.1. The third kappa shape index (κ3) is 3.41. The molecule has 26 heavy (non-hydrogen) atoms. The number of methoxy groups -OCH3 is 1. The Morgan fingerprint density at radius 2 is 2.08 bits per heavy atom. The van der Waals surface area contributed by atoms with E-state index in [0.717, 1.165) is 35.7 Å². The van der Waals surface area contributed by atoms with Crippen LogP contribution in [0.3, 0.4) is 0 Å². The van der Waals surface area contributed by atoms with Gasteiger partial charge in [0.2, 0.25) is 0 Å². The molecule has 2 saturated carbocycles. The summed E-state index contributed by atoms with van der Waals surface area (Å²) in [7, 11) is 3.55. The molecule has 1 aromatic carbocycles. The van der Waals surface area contributed by atoms with Crippen LogP contribution in [-0.4, -0.2) is 33.9 Å². The number of carbonyl (C=O) groups excluding carboxylic acids is 1. The van der Waals surface area contributed by atoms with Crippen molar-refractivity contribution in [3.8, 4) is 5.75 Å². The molecule has 0 unspecified atom stereocenters. The standard InChI is InChI=1S/C20H26N4O2/c1-23-19(12-17(22-23)14-7-5-8-14)21-20(25)24(16-10-11-16)13-15-6-3-4-9-18(15)26-2/h3-4,6,9,12,14,16H,5,7-8,10-11,13H2,1-2H3,(H,21,25). The van der Waals surface area contributed by atoms with Gasteiger partial charge in [-0.2, -0.15) is 5.10 Å². The molecule has 0 radical (unpaired) electrons. The van der Waals surface area contributed by atoms with Gasteiger partial charge in [-0.05, 0) is 31.7 Å². The van der Waals surface area contributed by atoms with Crippen molar-refractivity contribution >= 4 is 11.8 Å². The summed E-state index contributed by atoms with van der Waals surface area (Å²) in [5.74, 6) is 2.14. The molecule has 0 bridgehead atoms. The van der Waals surface area contributed by atoms with Crippen LogP contribution < -0.4 is 10.1 Å². The molecule has 6 nitrogen and oxygen atoms in total. The Morgan fingerprint density at radius 1 is 1.31 bits per heavy atom. The summed E-state index contributed by atoms with van der Waals surface area (Å²) in [4.78, 5) is 14.9. The summed E-state index contributed by atoms with van der Waals surface area (Å²) in [5.41, 5.74) is 2.12. The lowest BCUT2D eigenvalue weighted by atomic mass is 9.83. The van der Waals surface area contributed by atoms with Crippen LogP contribution in [0.25, 0.3) is 0 Å². The van der Waals surface area contributed by atoms with Crippen molar-refractivity contribution < 1.29 is 9.53 Å². The van der Waals surface area contributed by atoms with Crippen molar-refractivity contribution in [2.75, 3.05) is 12.4 Å². The Morgan fingerprint density at radius 3 is 2.73 bits per heavy atom. The molecular formula is C20H26N4O2. The van der Waals surface area contributed by atoms with Crippen LogP contribution in [0, 0.1) is 0 Å². The van der Waals surface area contributed by atoms with E-state index in [1.807, 2.05) is 42.3 Å². The number of anilines is 1. The van der Waals surface area contributed by atoms with E-state index >= 15 is 0 Å². The van der Waals surface area contributed by atoms with E-state index in [1.165, 1.54) is 19.3 Å². The largest absolute Gasteiger partial charge is 0.496 e. The van der Waals surface area contributed by atoms with E-state index in [1.54, 1.807) is 11.8 Å². The van der Waals surface area contributed by atoms with Crippen molar-refractivity contribution in [2.24, 2.45) is 7.05 Å². The highest BCUT2D eigenvalue weighted by molar-refractivity contribution is 5.89. The lowest BCUT2D eigenvalue weighted by molar-refractivity contribution is 0.205. The minimum absolute atomic E-state index is 0.0680. The van der Waals surface area contributed by atoms with Gasteiger partial charge in [0.15, 0.2) is 0 Å². The molecule has 1 N–H and O–H groups in total. The third-order valence-electron chi connectivity index (χ3n) is 5.44. The van der Waals surface area contributed by atoms with Gasteiger partial charge in [0, 0.05) is 30.6 Å². The molecular weight excluding hydrogens is 328 g/mol. The van der Waals surface area contributed by atoms with Crippen LogP contribution >= 0.6 is 0 Å². The Kier molecular flexibility index (Phi) is 4.57. The maximum atomic E-state index is 12.9. The Balaban J connectivity index is 1.48. The molecule has 2 amide bonds. The zero-order valence-corrected chi connectivity index (χ0v) is 15.4. The normalized spacial score (nSPS) is 16.8. The minimum atomic E-state index is -0.0680. The average molecular weight is 354 g/mol. The maximum Gasteiger partial charge on any atom is 0.323 e. The van der Waals surface area contributed by atoms with Crippen LogP contribution in [0.15, 0.2) is 30.3 Å². The van der Waals surface area contributed by atoms with E-state index in [0.29, 0.717) is 18.5 Å². The van der Waals surface area contributed by atoms with Gasteiger partial charge in [0.1, 0.15) is 11.6 Å². The molecule has 6 heteroatoms. The number of nitrogens with one attached hydrogen (secondary N) is 1. The number of ether oxygens (including phenoxy) is 1. The fraction of sp³-hybridized carbons (Fsp3) is 0.500. The molecule has 138 valence electrons. The van der Waals surface area contributed by atoms with Crippen LogP contribution in [0.2, 0.25) is 0 Å². The summed E-state index contributed by atoms with van der Waals surface area (Å²) in [6, 6.07) is 10.1. The van der Waals surface area contributed by atoms with Gasteiger partial charge >= 0.3 is 6.03 Å². The van der Waals surface area contributed by atoms with E-state index in [-0.39, 0.29) is 6.03 Å². The first-order valence-electron chi connectivity index (χ1n) is 9.39. The molecule has 4 rings (SSSR count). The molecule has 2 aliphatic carbocycles. The zero-order valence-electron chi connectivity index (χ0n) is 15.4. The molecule has 2 aliphatic rings. The van der Waals surface area contributed by atoms with Crippen LogP contribution in [-0.2, 0) is 13.6 Å². The molecule has 0 atom stereocenters. The Bertz CT molecular complexity index is 793. The van der Waals surface area contributed by atoms with Crippen molar-refractivity contribution in [3.63, 3.8) is 0 Å². The predicted octanol–water partition coefficient (Wildman–Crippen LogP) is 3.89. The fourth-order valence-electron chi connectivity index (χ4n) is 3.46. The number of nitrogens with zero attached hydrogens (tertiary/aromatic N) is 3. The SMILES string of the molecule is COc1ccccc1CN(C(=O)Nc1cc(C2CCC2)nn1C)C1CC1. The number of hydrogen-bond donors (Lipinski definition) is 1. The summed E-state index contributed by atoms with van der Waals surface area (Å²) >= 11 is 0. The van der Waals surface area contributed by atoms with Gasteiger partial charge in [-0.25, -0.2) is 4.79 Å². The number of benzene rings is 1. The molecule has 2 fully saturated rings. The number of para-hydroxylation sites is 1. The highest BCUT2D eigenvalue weighted by Gasteiger charge is 2.33. The monoisotopic (exact) mass is 354 g/mol. The average Bonchev–Trinajstić information content (AvgIpc) is 3.36. The molecule has 0 aliphatic heterocycles. The van der Waals surface area contributed by atoms with Gasteiger partial charge in [0.25, 0.3) is 0 Å². The Hall–Kier alpha value is -2.50. The summed E-state index contributed by atoms with van der Waals surface area (Å²) in [5, 5.41) is 7.64. The molecule has 0 spiro atoms. The quantitative estimate of drug-likeness (QED) is 0.856. The molecule has 2 aromatic rings. The lowest BCUT2D eigenvalue weighted by Gasteiger charge is -2.24. The molecule has 1 heterocycles. The van der Waals surface area contributed by atoms with Crippen LogP contribution in [0.4, 0.5) is 10.6 Å². The summed E-state index contributed by atoms with van der Waals surface area (Å²) < 4.78 is 7.22. The number of aryl methyl sites for hydroxylation is 1. The summed E-state index contributed by atoms with van der Waals surface area (Å²) in [6.07, 6.45) is 5.79. The maximum absolute atomic E-state index is 12.9. The van der Waals surface area contributed by atoms with Gasteiger partial charge in [0.05, 0.1) is 19.3 Å². The highest BCUT2D eigenvalue weighted by Crippen LogP contribution is 2.36. The fourth-order valence-corrected chi connectivity index (χ4v) is 3.46.